The number of phenolic OH excluding ortho intramolecular Hbond substituents is 2. The predicted octanol–water partition coefficient (Wildman–Crippen LogP) is 1.39. The number of rotatable bonds is 2. The monoisotopic (exact) mass is 205 g/mol. The molecule has 0 radical (unpaired) electrons. The molecule has 0 amide bonds. The molecule has 0 saturated carbocycles. The molecule has 0 fully saturated rings. The molecule has 0 aromatic heterocycles. The summed E-state index contributed by atoms with van der Waals surface area (Å²) in [5.41, 5.74) is 5.52. The quantitative estimate of drug-likeness (QED) is 0.684. The van der Waals surface area contributed by atoms with Crippen LogP contribution in [0.1, 0.15) is 5.56 Å². The van der Waals surface area contributed by atoms with Crippen LogP contribution in [0.4, 0.5) is 4.39 Å². The van der Waals surface area contributed by atoms with Crippen molar-refractivity contribution in [2.24, 2.45) is 5.73 Å². The van der Waals surface area contributed by atoms with Gasteiger partial charge in [-0.25, -0.2) is 4.39 Å². The smallest absolute Gasteiger partial charge is 0.174 e. The number of benzene rings is 1. The molecular weight excluding hydrogens is 197 g/mol. The Bertz CT molecular complexity index is 330. The zero-order chi connectivity index (χ0) is 10.0. The molecule has 1 aromatic rings. The molecule has 4 N–H and O–H groups in total. The van der Waals surface area contributed by atoms with Crippen molar-refractivity contribution < 1.29 is 14.6 Å². The van der Waals surface area contributed by atoms with Gasteiger partial charge in [0, 0.05) is 0 Å². The fraction of sp³-hybridized carbons (Fsp3) is 0.250. The molecule has 0 saturated heterocycles. The lowest BCUT2D eigenvalue weighted by Gasteiger charge is -2.07. The predicted molar refractivity (Wildman–Crippen MR) is 47.5 cm³/mol. The minimum atomic E-state index is -0.855. The van der Waals surface area contributed by atoms with Crippen LogP contribution in [0.3, 0.4) is 0 Å². The number of nitrogens with two attached hydrogens (primary N) is 1. The van der Waals surface area contributed by atoms with Gasteiger partial charge in [-0.05, 0) is 24.6 Å². The van der Waals surface area contributed by atoms with E-state index < -0.39 is 11.6 Å². The second-order valence-electron chi connectivity index (χ2n) is 2.57. The number of hydrogen-bond donors (Lipinski definition) is 3. The molecule has 72 valence electrons. The van der Waals surface area contributed by atoms with Gasteiger partial charge >= 0.3 is 0 Å². The number of halogens is 2. The van der Waals surface area contributed by atoms with Crippen molar-refractivity contribution in [2.45, 2.75) is 6.42 Å². The van der Waals surface area contributed by atoms with Crippen LogP contribution in [-0.2, 0) is 6.42 Å². The first kappa shape index (κ1) is 10.1. The first-order valence-corrected chi connectivity index (χ1v) is 4.04. The molecule has 0 unspecified atom stereocenters. The molecule has 3 nitrogen and oxygen atoms in total. The van der Waals surface area contributed by atoms with E-state index in [1.54, 1.807) is 0 Å². The molecule has 0 aliphatic heterocycles. The third-order valence-corrected chi connectivity index (χ3v) is 2.02. The normalized spacial score (nSPS) is 10.4. The van der Waals surface area contributed by atoms with Crippen LogP contribution >= 0.6 is 11.6 Å². The molecule has 0 aliphatic carbocycles. The first-order valence-electron chi connectivity index (χ1n) is 3.66. The molecular formula is C8H9ClFNO2. The zero-order valence-corrected chi connectivity index (χ0v) is 7.48. The van der Waals surface area contributed by atoms with Crippen LogP contribution in [-0.4, -0.2) is 16.8 Å². The number of phenols is 2. The Kier molecular flexibility index (Phi) is 2.95. The van der Waals surface area contributed by atoms with Crippen LogP contribution in [0.25, 0.3) is 0 Å². The van der Waals surface area contributed by atoms with E-state index in [0.717, 1.165) is 6.07 Å². The highest BCUT2D eigenvalue weighted by Gasteiger charge is 2.14. The summed E-state index contributed by atoms with van der Waals surface area (Å²) in [5.74, 6) is -1.91. The molecule has 1 aromatic carbocycles. The fourth-order valence-electron chi connectivity index (χ4n) is 0.994. The lowest BCUT2D eigenvalue weighted by molar-refractivity contribution is 0.416. The Morgan fingerprint density at radius 3 is 2.54 bits per heavy atom. The van der Waals surface area contributed by atoms with Gasteiger partial charge in [0.2, 0.25) is 0 Å². The van der Waals surface area contributed by atoms with Crippen molar-refractivity contribution in [3.8, 4) is 11.5 Å². The second-order valence-corrected chi connectivity index (χ2v) is 2.95. The Morgan fingerprint density at radius 1 is 1.38 bits per heavy atom. The third kappa shape index (κ3) is 1.84. The van der Waals surface area contributed by atoms with Crippen LogP contribution in [0.15, 0.2) is 6.07 Å². The first-order chi connectivity index (χ1) is 6.07. The van der Waals surface area contributed by atoms with Crippen molar-refractivity contribution in [1.82, 2.24) is 0 Å². The van der Waals surface area contributed by atoms with E-state index in [1.165, 1.54) is 0 Å². The van der Waals surface area contributed by atoms with E-state index in [-0.39, 0.29) is 17.3 Å². The van der Waals surface area contributed by atoms with Gasteiger partial charge in [-0.15, -0.1) is 0 Å². The van der Waals surface area contributed by atoms with Gasteiger partial charge in [0.05, 0.1) is 0 Å². The van der Waals surface area contributed by atoms with Crippen molar-refractivity contribution in [3.63, 3.8) is 0 Å². The number of aromatic hydroxyl groups is 2. The molecule has 0 bridgehead atoms. The fourth-order valence-corrected chi connectivity index (χ4v) is 1.21. The summed E-state index contributed by atoms with van der Waals surface area (Å²) in [7, 11) is 0. The minimum Gasteiger partial charge on any atom is -0.506 e. The molecule has 5 heteroatoms. The van der Waals surface area contributed by atoms with E-state index >= 15 is 0 Å². The topological polar surface area (TPSA) is 66.5 Å². The molecule has 0 aliphatic rings. The van der Waals surface area contributed by atoms with Crippen molar-refractivity contribution in [2.75, 3.05) is 6.54 Å². The highest BCUT2D eigenvalue weighted by molar-refractivity contribution is 6.33. The highest BCUT2D eigenvalue weighted by Crippen LogP contribution is 2.37. The zero-order valence-electron chi connectivity index (χ0n) is 6.72. The lowest BCUT2D eigenvalue weighted by atomic mass is 10.1. The van der Waals surface area contributed by atoms with E-state index in [0.29, 0.717) is 12.0 Å². The van der Waals surface area contributed by atoms with Crippen LogP contribution in [0.2, 0.25) is 5.02 Å². The summed E-state index contributed by atoms with van der Waals surface area (Å²) >= 11 is 5.44. The van der Waals surface area contributed by atoms with Crippen LogP contribution in [0, 0.1) is 5.82 Å². The van der Waals surface area contributed by atoms with Gasteiger partial charge in [0.25, 0.3) is 0 Å². The maximum absolute atomic E-state index is 12.9. The van der Waals surface area contributed by atoms with Crippen molar-refractivity contribution >= 4 is 11.6 Å². The molecule has 0 spiro atoms. The summed E-state index contributed by atoms with van der Waals surface area (Å²) in [6.45, 7) is 0.272. The summed E-state index contributed by atoms with van der Waals surface area (Å²) < 4.78 is 12.9. The van der Waals surface area contributed by atoms with E-state index in [1.807, 2.05) is 0 Å². The van der Waals surface area contributed by atoms with E-state index in [4.69, 9.17) is 22.4 Å². The average molecular weight is 206 g/mol. The van der Waals surface area contributed by atoms with Gasteiger partial charge in [-0.1, -0.05) is 11.6 Å². The molecule has 0 atom stereocenters. The largest absolute Gasteiger partial charge is 0.506 e. The molecule has 13 heavy (non-hydrogen) atoms. The maximum Gasteiger partial charge on any atom is 0.174 e. The van der Waals surface area contributed by atoms with Crippen LogP contribution < -0.4 is 5.73 Å². The van der Waals surface area contributed by atoms with E-state index in [2.05, 4.69) is 0 Å². The standard InChI is InChI=1S/C8H9ClFNO2/c9-6-7(12)4(1-2-11)3-5(10)8(6)13/h3,12-13H,1-2,11H2. The summed E-state index contributed by atoms with van der Waals surface area (Å²) in [6.07, 6.45) is 0.308. The summed E-state index contributed by atoms with van der Waals surface area (Å²) in [6, 6.07) is 1.02. The van der Waals surface area contributed by atoms with Crippen LogP contribution in [0.5, 0.6) is 11.5 Å². The highest BCUT2D eigenvalue weighted by atomic mass is 35.5. The lowest BCUT2D eigenvalue weighted by Crippen LogP contribution is -2.03. The van der Waals surface area contributed by atoms with Crippen molar-refractivity contribution in [3.05, 3.63) is 22.5 Å². The minimum absolute atomic E-state index is 0.272. The van der Waals surface area contributed by atoms with Gasteiger partial charge in [-0.3, -0.25) is 0 Å². The Balaban J connectivity index is 3.24. The molecule has 0 heterocycles. The second kappa shape index (κ2) is 3.81. The van der Waals surface area contributed by atoms with Crippen molar-refractivity contribution in [1.29, 1.82) is 0 Å². The SMILES string of the molecule is NCCc1cc(F)c(O)c(Cl)c1O. The van der Waals surface area contributed by atoms with Gasteiger partial charge in [-0.2, -0.15) is 0 Å². The van der Waals surface area contributed by atoms with Gasteiger partial charge in [0.1, 0.15) is 10.8 Å². The van der Waals surface area contributed by atoms with E-state index in [9.17, 15) is 9.50 Å². The maximum atomic E-state index is 12.9. The average Bonchev–Trinajstić information content (AvgIpc) is 2.11. The Labute approximate surface area is 79.6 Å². The summed E-state index contributed by atoms with van der Waals surface area (Å²) in [4.78, 5) is 0. The number of hydrogen-bond acceptors (Lipinski definition) is 3. The Hall–Kier alpha value is -1.00. The Morgan fingerprint density at radius 2 is 2.00 bits per heavy atom. The van der Waals surface area contributed by atoms with Gasteiger partial charge < -0.3 is 15.9 Å². The van der Waals surface area contributed by atoms with Gasteiger partial charge in [0.15, 0.2) is 11.6 Å². The third-order valence-electron chi connectivity index (χ3n) is 1.66. The summed E-state index contributed by atoms with van der Waals surface area (Å²) in [5, 5.41) is 17.9. The molecule has 1 rings (SSSR count).